The Balaban J connectivity index is 2.27. The van der Waals surface area contributed by atoms with Gasteiger partial charge in [-0.3, -0.25) is 0 Å². The summed E-state index contributed by atoms with van der Waals surface area (Å²) >= 11 is 0. The minimum absolute atomic E-state index is 0.191. The summed E-state index contributed by atoms with van der Waals surface area (Å²) in [6.45, 7) is 1.68. The SMILES string of the molecule is COc1cc(F)ccc1NC(C)c1cc(F)ccc1F. The molecule has 0 aliphatic carbocycles. The highest BCUT2D eigenvalue weighted by Gasteiger charge is 2.14. The minimum Gasteiger partial charge on any atom is -0.494 e. The van der Waals surface area contributed by atoms with Crippen molar-refractivity contribution in [3.63, 3.8) is 0 Å². The number of benzene rings is 2. The maximum absolute atomic E-state index is 13.7. The van der Waals surface area contributed by atoms with Crippen LogP contribution in [0.15, 0.2) is 36.4 Å². The maximum atomic E-state index is 13.7. The maximum Gasteiger partial charge on any atom is 0.144 e. The van der Waals surface area contributed by atoms with Crippen molar-refractivity contribution in [1.82, 2.24) is 0 Å². The Kier molecular flexibility index (Phi) is 4.17. The third-order valence-electron chi connectivity index (χ3n) is 2.96. The second-order valence-corrected chi connectivity index (χ2v) is 4.38. The van der Waals surface area contributed by atoms with Gasteiger partial charge in [-0.05, 0) is 37.3 Å². The van der Waals surface area contributed by atoms with Gasteiger partial charge in [-0.1, -0.05) is 0 Å². The van der Waals surface area contributed by atoms with Gasteiger partial charge in [0.15, 0.2) is 0 Å². The molecule has 0 saturated heterocycles. The zero-order chi connectivity index (χ0) is 14.7. The Labute approximate surface area is 115 Å². The van der Waals surface area contributed by atoms with E-state index >= 15 is 0 Å². The molecule has 1 unspecified atom stereocenters. The molecule has 0 aromatic heterocycles. The van der Waals surface area contributed by atoms with E-state index in [9.17, 15) is 13.2 Å². The predicted molar refractivity (Wildman–Crippen MR) is 71.3 cm³/mol. The molecule has 0 fully saturated rings. The lowest BCUT2D eigenvalue weighted by Crippen LogP contribution is -2.10. The van der Waals surface area contributed by atoms with E-state index in [0.29, 0.717) is 11.4 Å². The highest BCUT2D eigenvalue weighted by Crippen LogP contribution is 2.29. The molecule has 0 bridgehead atoms. The summed E-state index contributed by atoms with van der Waals surface area (Å²) in [5.41, 5.74) is 0.696. The zero-order valence-corrected chi connectivity index (χ0v) is 11.1. The Hall–Kier alpha value is -2.17. The summed E-state index contributed by atoms with van der Waals surface area (Å²) in [5, 5.41) is 2.97. The fraction of sp³-hybridized carbons (Fsp3) is 0.200. The normalized spacial score (nSPS) is 12.1. The molecule has 20 heavy (non-hydrogen) atoms. The van der Waals surface area contributed by atoms with Gasteiger partial charge in [0, 0.05) is 11.6 Å². The molecule has 2 aromatic rings. The third-order valence-corrected chi connectivity index (χ3v) is 2.96. The fourth-order valence-electron chi connectivity index (χ4n) is 1.94. The summed E-state index contributed by atoms with van der Waals surface area (Å²) in [6, 6.07) is 6.74. The molecule has 0 aliphatic rings. The lowest BCUT2D eigenvalue weighted by molar-refractivity contribution is 0.412. The van der Waals surface area contributed by atoms with Gasteiger partial charge < -0.3 is 10.1 Å². The summed E-state index contributed by atoms with van der Waals surface area (Å²) in [5.74, 6) is -1.15. The smallest absolute Gasteiger partial charge is 0.144 e. The molecule has 2 aromatic carbocycles. The van der Waals surface area contributed by atoms with Gasteiger partial charge >= 0.3 is 0 Å². The molecule has 0 saturated carbocycles. The second kappa shape index (κ2) is 5.86. The first kappa shape index (κ1) is 14.2. The van der Waals surface area contributed by atoms with Gasteiger partial charge in [0.2, 0.25) is 0 Å². The van der Waals surface area contributed by atoms with E-state index in [4.69, 9.17) is 4.74 Å². The molecular formula is C15H14F3NO. The lowest BCUT2D eigenvalue weighted by atomic mass is 10.1. The first-order chi connectivity index (χ1) is 9.51. The van der Waals surface area contributed by atoms with Crippen molar-refractivity contribution < 1.29 is 17.9 Å². The van der Waals surface area contributed by atoms with E-state index < -0.39 is 23.5 Å². The van der Waals surface area contributed by atoms with Crippen LogP contribution in [0.4, 0.5) is 18.9 Å². The number of ether oxygens (including phenoxy) is 1. The van der Waals surface area contributed by atoms with Gasteiger partial charge in [0.05, 0.1) is 18.8 Å². The largest absolute Gasteiger partial charge is 0.494 e. The van der Waals surface area contributed by atoms with Crippen LogP contribution in [-0.4, -0.2) is 7.11 Å². The van der Waals surface area contributed by atoms with Crippen LogP contribution in [0.5, 0.6) is 5.75 Å². The van der Waals surface area contributed by atoms with Gasteiger partial charge in [-0.2, -0.15) is 0 Å². The van der Waals surface area contributed by atoms with Crippen molar-refractivity contribution in [3.8, 4) is 5.75 Å². The highest BCUT2D eigenvalue weighted by atomic mass is 19.1. The van der Waals surface area contributed by atoms with E-state index in [1.165, 1.54) is 25.3 Å². The molecule has 0 heterocycles. The summed E-state index contributed by atoms with van der Waals surface area (Å²) in [4.78, 5) is 0. The molecule has 0 spiro atoms. The van der Waals surface area contributed by atoms with Gasteiger partial charge in [-0.15, -0.1) is 0 Å². The monoisotopic (exact) mass is 281 g/mol. The Bertz CT molecular complexity index is 616. The van der Waals surface area contributed by atoms with E-state index in [0.717, 1.165) is 18.2 Å². The number of rotatable bonds is 4. The van der Waals surface area contributed by atoms with Crippen molar-refractivity contribution in [2.75, 3.05) is 12.4 Å². The van der Waals surface area contributed by atoms with E-state index in [1.54, 1.807) is 6.92 Å². The van der Waals surface area contributed by atoms with E-state index in [2.05, 4.69) is 5.32 Å². The van der Waals surface area contributed by atoms with Crippen LogP contribution >= 0.6 is 0 Å². The van der Waals surface area contributed by atoms with Gasteiger partial charge in [0.1, 0.15) is 23.2 Å². The van der Waals surface area contributed by atoms with Crippen LogP contribution < -0.4 is 10.1 Å². The Morgan fingerprint density at radius 3 is 2.35 bits per heavy atom. The van der Waals surface area contributed by atoms with Crippen LogP contribution in [0.1, 0.15) is 18.5 Å². The fourth-order valence-corrected chi connectivity index (χ4v) is 1.94. The number of methoxy groups -OCH3 is 1. The average Bonchev–Trinajstić information content (AvgIpc) is 2.43. The molecule has 0 radical (unpaired) electrons. The molecular weight excluding hydrogens is 267 g/mol. The van der Waals surface area contributed by atoms with Crippen LogP contribution in [0, 0.1) is 17.5 Å². The first-order valence-corrected chi connectivity index (χ1v) is 6.06. The topological polar surface area (TPSA) is 21.3 Å². The molecule has 0 aliphatic heterocycles. The Morgan fingerprint density at radius 1 is 1.00 bits per heavy atom. The molecule has 106 valence electrons. The number of anilines is 1. The summed E-state index contributed by atoms with van der Waals surface area (Å²) in [7, 11) is 1.41. The summed E-state index contributed by atoms with van der Waals surface area (Å²) in [6.07, 6.45) is 0. The summed E-state index contributed by atoms with van der Waals surface area (Å²) < 4.78 is 45.0. The van der Waals surface area contributed by atoms with Gasteiger partial charge in [0.25, 0.3) is 0 Å². The standard InChI is InChI=1S/C15H14F3NO/c1-9(12-7-10(16)3-5-13(12)18)19-14-6-4-11(17)8-15(14)20-2/h3-9,19H,1-2H3. The number of nitrogens with one attached hydrogen (secondary N) is 1. The molecule has 5 heteroatoms. The highest BCUT2D eigenvalue weighted by molar-refractivity contribution is 5.57. The molecule has 2 rings (SSSR count). The quantitative estimate of drug-likeness (QED) is 0.902. The minimum atomic E-state index is -0.513. The van der Waals surface area contributed by atoms with Crippen molar-refractivity contribution >= 4 is 5.69 Å². The molecule has 0 amide bonds. The molecule has 2 nitrogen and oxygen atoms in total. The lowest BCUT2D eigenvalue weighted by Gasteiger charge is -2.18. The van der Waals surface area contributed by atoms with E-state index in [1.807, 2.05) is 0 Å². The number of hydrogen-bond donors (Lipinski definition) is 1. The van der Waals surface area contributed by atoms with Crippen molar-refractivity contribution in [2.45, 2.75) is 13.0 Å². The van der Waals surface area contributed by atoms with Crippen molar-refractivity contribution in [2.24, 2.45) is 0 Å². The molecule has 1 N–H and O–H groups in total. The van der Waals surface area contributed by atoms with Crippen LogP contribution in [0.25, 0.3) is 0 Å². The Morgan fingerprint density at radius 2 is 1.65 bits per heavy atom. The van der Waals surface area contributed by atoms with Crippen LogP contribution in [0.3, 0.4) is 0 Å². The van der Waals surface area contributed by atoms with Crippen molar-refractivity contribution in [3.05, 3.63) is 59.4 Å². The second-order valence-electron chi connectivity index (χ2n) is 4.38. The zero-order valence-electron chi connectivity index (χ0n) is 11.1. The van der Waals surface area contributed by atoms with Crippen LogP contribution in [-0.2, 0) is 0 Å². The third kappa shape index (κ3) is 3.04. The van der Waals surface area contributed by atoms with E-state index in [-0.39, 0.29) is 5.56 Å². The predicted octanol–water partition coefficient (Wildman–Crippen LogP) is 4.29. The number of hydrogen-bond acceptors (Lipinski definition) is 2. The molecule has 1 atom stereocenters. The number of halogens is 3. The first-order valence-electron chi connectivity index (χ1n) is 6.06. The van der Waals surface area contributed by atoms with Gasteiger partial charge in [-0.25, -0.2) is 13.2 Å². The average molecular weight is 281 g/mol. The van der Waals surface area contributed by atoms with Crippen molar-refractivity contribution in [1.29, 1.82) is 0 Å². The van der Waals surface area contributed by atoms with Crippen LogP contribution in [0.2, 0.25) is 0 Å².